The number of hydrogen-bond acceptors (Lipinski definition) is 6. The lowest BCUT2D eigenvalue weighted by atomic mass is 10.2. The third kappa shape index (κ3) is 6.01. The van der Waals surface area contributed by atoms with E-state index in [1.54, 1.807) is 6.26 Å². The Morgan fingerprint density at radius 3 is 2.67 bits per heavy atom. The molecule has 1 aromatic heterocycles. The largest absolute Gasteiger partial charge is 0.382 e. The van der Waals surface area contributed by atoms with E-state index in [1.165, 1.54) is 11.3 Å². The summed E-state index contributed by atoms with van der Waals surface area (Å²) in [5, 5.41) is 6.67. The predicted molar refractivity (Wildman–Crippen MR) is 90.3 cm³/mol. The monoisotopic (exact) mass is 332 g/mol. The van der Waals surface area contributed by atoms with Crippen LogP contribution in [0.5, 0.6) is 0 Å². The van der Waals surface area contributed by atoms with Crippen LogP contribution in [0.4, 0.5) is 10.9 Å². The van der Waals surface area contributed by atoms with E-state index in [1.807, 2.05) is 6.92 Å². The fourth-order valence-electron chi connectivity index (χ4n) is 1.50. The zero-order valence-corrected chi connectivity index (χ0v) is 14.6. The minimum atomic E-state index is -0.873. The van der Waals surface area contributed by atoms with Gasteiger partial charge in [-0.2, -0.15) is 0 Å². The Morgan fingerprint density at radius 1 is 1.43 bits per heavy atom. The molecule has 2 atom stereocenters. The van der Waals surface area contributed by atoms with Crippen molar-refractivity contribution in [1.29, 1.82) is 0 Å². The van der Waals surface area contributed by atoms with E-state index in [0.717, 1.165) is 6.54 Å². The molecule has 8 heteroatoms. The van der Waals surface area contributed by atoms with Crippen molar-refractivity contribution in [3.8, 4) is 0 Å². The highest BCUT2D eigenvalue weighted by atomic mass is 32.2. The van der Waals surface area contributed by atoms with Crippen LogP contribution in [0.1, 0.15) is 36.9 Å². The van der Waals surface area contributed by atoms with Crippen LogP contribution in [-0.2, 0) is 10.8 Å². The first kappa shape index (κ1) is 17.9. The van der Waals surface area contributed by atoms with Gasteiger partial charge in [0.2, 0.25) is 0 Å². The Morgan fingerprint density at radius 2 is 2.10 bits per heavy atom. The fraction of sp³-hybridized carbons (Fsp3) is 0.692. The lowest BCUT2D eigenvalue weighted by Gasteiger charge is -2.08. The quantitative estimate of drug-likeness (QED) is 0.673. The minimum absolute atomic E-state index is 0.0624. The Labute approximate surface area is 132 Å². The highest BCUT2D eigenvalue weighted by Gasteiger charge is 2.16. The van der Waals surface area contributed by atoms with Gasteiger partial charge < -0.3 is 16.4 Å². The van der Waals surface area contributed by atoms with Crippen molar-refractivity contribution in [1.82, 2.24) is 10.3 Å². The van der Waals surface area contributed by atoms with Crippen LogP contribution in [0.3, 0.4) is 0 Å². The maximum Gasteiger partial charge on any atom is 0.265 e. The molecule has 6 nitrogen and oxygen atoms in total. The van der Waals surface area contributed by atoms with Gasteiger partial charge in [0.05, 0.1) is 0 Å². The summed E-state index contributed by atoms with van der Waals surface area (Å²) in [5.74, 6) is 0.511. The van der Waals surface area contributed by atoms with Gasteiger partial charge in [-0.1, -0.05) is 32.1 Å². The highest BCUT2D eigenvalue weighted by molar-refractivity contribution is 7.84. The van der Waals surface area contributed by atoms with Gasteiger partial charge in [0.25, 0.3) is 5.91 Å². The molecule has 1 heterocycles. The number of nitrogens with two attached hydrogens (primary N) is 1. The number of carbonyl (C=O) groups excluding carboxylic acids is 1. The highest BCUT2D eigenvalue weighted by Crippen LogP contribution is 2.24. The van der Waals surface area contributed by atoms with Crippen molar-refractivity contribution < 1.29 is 9.00 Å². The van der Waals surface area contributed by atoms with E-state index in [9.17, 15) is 9.00 Å². The maximum absolute atomic E-state index is 12.0. The Balaban J connectivity index is 2.52. The zero-order valence-electron chi connectivity index (χ0n) is 12.9. The van der Waals surface area contributed by atoms with Crippen molar-refractivity contribution >= 4 is 39.0 Å². The van der Waals surface area contributed by atoms with Gasteiger partial charge in [-0.25, -0.2) is 4.98 Å². The molecule has 0 saturated heterocycles. The van der Waals surface area contributed by atoms with Crippen molar-refractivity contribution in [2.24, 2.45) is 5.92 Å². The second kappa shape index (κ2) is 8.33. The molecule has 0 fully saturated rings. The number of aromatic nitrogens is 1. The standard InChI is InChI=1S/C13H24N4O2S2/c1-8(2)7-16-13-17-11(14)10(20-13)12(18)15-6-5-9(3)21(4)19/h8-9H,5-7,14H2,1-4H3,(H,15,18)(H,16,17). The molecule has 21 heavy (non-hydrogen) atoms. The van der Waals surface area contributed by atoms with Gasteiger partial charge in [-0.05, 0) is 12.3 Å². The van der Waals surface area contributed by atoms with Gasteiger partial charge in [-0.3, -0.25) is 9.00 Å². The molecule has 2 unspecified atom stereocenters. The molecule has 0 aliphatic heterocycles. The summed E-state index contributed by atoms with van der Waals surface area (Å²) in [6.45, 7) is 7.35. The molecule has 0 bridgehead atoms. The predicted octanol–water partition coefficient (Wildman–Crippen LogP) is 1.68. The summed E-state index contributed by atoms with van der Waals surface area (Å²) in [5.41, 5.74) is 5.78. The average molecular weight is 332 g/mol. The SMILES string of the molecule is CC(C)CNc1nc(N)c(C(=O)NCCC(C)S(C)=O)s1. The number of anilines is 2. The molecule has 1 aromatic rings. The van der Waals surface area contributed by atoms with E-state index in [0.29, 0.717) is 28.9 Å². The Kier molecular flexibility index (Phi) is 7.10. The fourth-order valence-corrected chi connectivity index (χ4v) is 2.75. The Hall–Kier alpha value is -1.15. The molecular formula is C13H24N4O2S2. The number of rotatable bonds is 8. The maximum atomic E-state index is 12.0. The normalized spacial score (nSPS) is 14.0. The molecule has 0 aromatic carbocycles. The van der Waals surface area contributed by atoms with Crippen LogP contribution in [0, 0.1) is 5.92 Å². The van der Waals surface area contributed by atoms with Gasteiger partial charge in [0.15, 0.2) is 5.13 Å². The number of thiazole rings is 1. The topological polar surface area (TPSA) is 97.1 Å². The Bertz CT molecular complexity index is 502. The molecule has 0 spiro atoms. The number of nitrogens with one attached hydrogen (secondary N) is 2. The van der Waals surface area contributed by atoms with Gasteiger partial charge >= 0.3 is 0 Å². The van der Waals surface area contributed by atoms with E-state index in [2.05, 4.69) is 29.5 Å². The van der Waals surface area contributed by atoms with Crippen LogP contribution in [0.15, 0.2) is 0 Å². The van der Waals surface area contributed by atoms with E-state index in [-0.39, 0.29) is 17.0 Å². The van der Waals surface area contributed by atoms with Crippen molar-refractivity contribution in [3.05, 3.63) is 4.88 Å². The first-order valence-corrected chi connectivity index (χ1v) is 9.35. The number of nitrogens with zero attached hydrogens (tertiary/aromatic N) is 1. The summed E-state index contributed by atoms with van der Waals surface area (Å²) < 4.78 is 11.2. The van der Waals surface area contributed by atoms with Crippen molar-refractivity contribution in [3.63, 3.8) is 0 Å². The number of amides is 1. The summed E-state index contributed by atoms with van der Waals surface area (Å²) in [6.07, 6.45) is 2.34. The van der Waals surface area contributed by atoms with Crippen LogP contribution < -0.4 is 16.4 Å². The van der Waals surface area contributed by atoms with Crippen LogP contribution in [-0.4, -0.2) is 39.7 Å². The molecule has 0 saturated carbocycles. The second-order valence-corrected chi connectivity index (χ2v) is 8.16. The van der Waals surface area contributed by atoms with Crippen LogP contribution in [0.25, 0.3) is 0 Å². The van der Waals surface area contributed by atoms with Crippen molar-refractivity contribution in [2.45, 2.75) is 32.4 Å². The molecular weight excluding hydrogens is 308 g/mol. The lowest BCUT2D eigenvalue weighted by Crippen LogP contribution is -2.27. The molecule has 0 aliphatic rings. The van der Waals surface area contributed by atoms with E-state index in [4.69, 9.17) is 5.73 Å². The second-order valence-electron chi connectivity index (χ2n) is 5.36. The molecule has 0 aliphatic carbocycles. The summed E-state index contributed by atoms with van der Waals surface area (Å²) in [6, 6.07) is 0. The van der Waals surface area contributed by atoms with Gasteiger partial charge in [-0.15, -0.1) is 0 Å². The molecule has 1 amide bonds. The molecule has 0 radical (unpaired) electrons. The molecule has 1 rings (SSSR count). The van der Waals surface area contributed by atoms with Gasteiger partial charge in [0, 0.05) is 35.4 Å². The third-order valence-corrected chi connectivity index (χ3v) is 5.32. The smallest absolute Gasteiger partial charge is 0.265 e. The zero-order chi connectivity index (χ0) is 16.0. The van der Waals surface area contributed by atoms with Crippen LogP contribution >= 0.6 is 11.3 Å². The molecule has 120 valence electrons. The number of carbonyl (C=O) groups is 1. The van der Waals surface area contributed by atoms with Crippen LogP contribution in [0.2, 0.25) is 0 Å². The summed E-state index contributed by atoms with van der Waals surface area (Å²) in [4.78, 5) is 16.6. The lowest BCUT2D eigenvalue weighted by molar-refractivity contribution is 0.0958. The third-order valence-electron chi connectivity index (χ3n) is 2.92. The first-order valence-electron chi connectivity index (χ1n) is 6.91. The first-order chi connectivity index (χ1) is 9.81. The molecule has 4 N–H and O–H groups in total. The summed E-state index contributed by atoms with van der Waals surface area (Å²) >= 11 is 1.26. The minimum Gasteiger partial charge on any atom is -0.382 e. The average Bonchev–Trinajstić information content (AvgIpc) is 2.77. The number of hydrogen-bond donors (Lipinski definition) is 3. The van der Waals surface area contributed by atoms with Gasteiger partial charge in [0.1, 0.15) is 10.7 Å². The van der Waals surface area contributed by atoms with E-state index < -0.39 is 10.8 Å². The van der Waals surface area contributed by atoms with E-state index >= 15 is 0 Å². The number of nitrogen functional groups attached to an aromatic ring is 1. The summed E-state index contributed by atoms with van der Waals surface area (Å²) in [7, 11) is -0.873. The van der Waals surface area contributed by atoms with Crippen molar-refractivity contribution in [2.75, 3.05) is 30.4 Å².